The Balaban J connectivity index is 1.35. The van der Waals surface area contributed by atoms with Crippen molar-refractivity contribution < 1.29 is 22.7 Å². The van der Waals surface area contributed by atoms with Crippen molar-refractivity contribution in [3.8, 4) is 0 Å². The Labute approximate surface area is 191 Å². The number of aromatic nitrogens is 1. The molecule has 180 valence electrons. The van der Waals surface area contributed by atoms with Crippen molar-refractivity contribution in [2.75, 3.05) is 32.8 Å². The first-order chi connectivity index (χ1) is 15.7. The van der Waals surface area contributed by atoms with Gasteiger partial charge in [0.15, 0.2) is 0 Å². The molecule has 1 aromatic heterocycles. The van der Waals surface area contributed by atoms with Gasteiger partial charge < -0.3 is 20.4 Å². The van der Waals surface area contributed by atoms with E-state index < -0.39 is 17.2 Å². The van der Waals surface area contributed by atoms with Gasteiger partial charge in [-0.25, -0.2) is 0 Å². The average molecular weight is 464 g/mol. The molecule has 33 heavy (non-hydrogen) atoms. The van der Waals surface area contributed by atoms with E-state index in [1.165, 1.54) is 6.07 Å². The molecule has 5 rings (SSSR count). The number of hydrogen-bond donors (Lipinski definition) is 2. The number of ether oxygens (including phenoxy) is 1. The number of primary amides is 1. The first-order valence-corrected chi connectivity index (χ1v) is 12.0. The van der Waals surface area contributed by atoms with Crippen molar-refractivity contribution in [3.63, 3.8) is 0 Å². The number of halogens is 3. The van der Waals surface area contributed by atoms with Crippen LogP contribution in [0.1, 0.15) is 55.3 Å². The van der Waals surface area contributed by atoms with E-state index in [4.69, 9.17) is 10.5 Å². The van der Waals surface area contributed by atoms with Gasteiger partial charge in [-0.2, -0.15) is 13.2 Å². The Morgan fingerprint density at radius 1 is 1.30 bits per heavy atom. The van der Waals surface area contributed by atoms with Gasteiger partial charge in [-0.3, -0.25) is 4.79 Å². The molecule has 1 aromatic carbocycles. The summed E-state index contributed by atoms with van der Waals surface area (Å²) in [5, 5.41) is 0.706. The fourth-order valence-corrected chi connectivity index (χ4v) is 6.48. The van der Waals surface area contributed by atoms with E-state index >= 15 is 0 Å². The highest BCUT2D eigenvalue weighted by molar-refractivity contribution is 5.86. The van der Waals surface area contributed by atoms with Gasteiger partial charge in [-0.1, -0.05) is 6.92 Å². The van der Waals surface area contributed by atoms with Crippen LogP contribution in [0.3, 0.4) is 0 Å². The van der Waals surface area contributed by atoms with Crippen LogP contribution in [-0.4, -0.2) is 48.6 Å². The molecule has 2 saturated heterocycles. The predicted octanol–water partition coefficient (Wildman–Crippen LogP) is 4.46. The molecular weight excluding hydrogens is 431 g/mol. The van der Waals surface area contributed by atoms with E-state index in [0.717, 1.165) is 61.7 Å². The standard InChI is InChI=1S/C25H32F3N3O2/c1-15-19-14-31(9-5-24(23(29)32)6-10-33-11-7-24)8-4-16(19)12-21-22(15)18-13-17(25(26,27)28)2-3-20(18)30-21/h2-3,13,15-16,19,30H,4-12,14H2,1H3,(H2,29,32)/t15-,16-,19-/m1/s1. The van der Waals surface area contributed by atoms with Crippen LogP contribution in [0.5, 0.6) is 0 Å². The summed E-state index contributed by atoms with van der Waals surface area (Å²) in [7, 11) is 0. The Morgan fingerprint density at radius 2 is 2.06 bits per heavy atom. The summed E-state index contributed by atoms with van der Waals surface area (Å²) in [6.07, 6.45) is -0.301. The molecule has 8 heteroatoms. The Hall–Kier alpha value is -2.06. The van der Waals surface area contributed by atoms with Gasteiger partial charge >= 0.3 is 6.18 Å². The van der Waals surface area contributed by atoms with Gasteiger partial charge in [-0.05, 0) is 86.7 Å². The minimum atomic E-state index is -4.35. The summed E-state index contributed by atoms with van der Waals surface area (Å²) < 4.78 is 45.5. The number of benzene rings is 1. The second-order valence-electron chi connectivity index (χ2n) is 10.3. The first kappa shape index (κ1) is 22.7. The first-order valence-electron chi connectivity index (χ1n) is 12.0. The van der Waals surface area contributed by atoms with Crippen LogP contribution in [0.15, 0.2) is 18.2 Å². The van der Waals surface area contributed by atoms with Crippen molar-refractivity contribution >= 4 is 16.8 Å². The number of H-pyrrole nitrogens is 1. The molecule has 0 unspecified atom stereocenters. The van der Waals surface area contributed by atoms with Gasteiger partial charge in [0.2, 0.25) is 5.91 Å². The maximum absolute atomic E-state index is 13.3. The predicted molar refractivity (Wildman–Crippen MR) is 120 cm³/mol. The zero-order valence-electron chi connectivity index (χ0n) is 19.0. The number of nitrogens with zero attached hydrogens (tertiary/aromatic N) is 1. The van der Waals surface area contributed by atoms with Crippen molar-refractivity contribution in [1.29, 1.82) is 0 Å². The molecule has 1 amide bonds. The van der Waals surface area contributed by atoms with Crippen LogP contribution >= 0.6 is 0 Å². The number of aromatic amines is 1. The van der Waals surface area contributed by atoms with Crippen LogP contribution < -0.4 is 5.73 Å². The smallest absolute Gasteiger partial charge is 0.381 e. The maximum atomic E-state index is 13.3. The summed E-state index contributed by atoms with van der Waals surface area (Å²) in [5.41, 5.74) is 7.65. The lowest BCUT2D eigenvalue weighted by atomic mass is 9.68. The molecule has 3 aliphatic rings. The minimum absolute atomic E-state index is 0.173. The molecular formula is C25H32F3N3O2. The summed E-state index contributed by atoms with van der Waals surface area (Å²) in [4.78, 5) is 18.1. The summed E-state index contributed by atoms with van der Waals surface area (Å²) in [5.74, 6) is 0.855. The van der Waals surface area contributed by atoms with Crippen LogP contribution in [0, 0.1) is 17.3 Å². The molecule has 2 fully saturated rings. The number of amides is 1. The molecule has 2 aromatic rings. The molecule has 3 N–H and O–H groups in total. The van der Waals surface area contributed by atoms with Crippen LogP contribution in [-0.2, 0) is 22.1 Å². The van der Waals surface area contributed by atoms with Crippen LogP contribution in [0.25, 0.3) is 10.9 Å². The van der Waals surface area contributed by atoms with E-state index in [1.807, 2.05) is 0 Å². The van der Waals surface area contributed by atoms with Gasteiger partial charge in [0.05, 0.1) is 11.0 Å². The van der Waals surface area contributed by atoms with Crippen molar-refractivity contribution in [2.24, 2.45) is 23.0 Å². The molecule has 0 saturated carbocycles. The van der Waals surface area contributed by atoms with Gasteiger partial charge in [0.1, 0.15) is 0 Å². The van der Waals surface area contributed by atoms with Crippen molar-refractivity contribution in [3.05, 3.63) is 35.0 Å². The zero-order valence-corrected chi connectivity index (χ0v) is 19.0. The highest BCUT2D eigenvalue weighted by atomic mass is 19.4. The number of rotatable bonds is 4. The number of alkyl halides is 3. The number of piperidine rings is 1. The molecule has 3 heterocycles. The van der Waals surface area contributed by atoms with Crippen LogP contribution in [0.4, 0.5) is 13.2 Å². The monoisotopic (exact) mass is 463 g/mol. The molecule has 5 nitrogen and oxygen atoms in total. The third kappa shape index (κ3) is 4.05. The van der Waals surface area contributed by atoms with E-state index in [2.05, 4.69) is 16.8 Å². The number of likely N-dealkylation sites (tertiary alicyclic amines) is 1. The highest BCUT2D eigenvalue weighted by Crippen LogP contribution is 2.47. The van der Waals surface area contributed by atoms with Gasteiger partial charge in [0, 0.05) is 36.4 Å². The maximum Gasteiger partial charge on any atom is 0.416 e. The number of carbonyl (C=O) groups is 1. The number of nitrogens with two attached hydrogens (primary N) is 1. The number of hydrogen-bond acceptors (Lipinski definition) is 3. The third-order valence-electron chi connectivity index (χ3n) is 8.58. The van der Waals surface area contributed by atoms with E-state index in [-0.39, 0.29) is 11.8 Å². The molecule has 0 radical (unpaired) electrons. The second-order valence-corrected chi connectivity index (χ2v) is 10.3. The van der Waals surface area contributed by atoms with Crippen molar-refractivity contribution in [2.45, 2.75) is 51.1 Å². The Morgan fingerprint density at radius 3 is 2.76 bits per heavy atom. The van der Waals surface area contributed by atoms with Crippen molar-refractivity contribution in [1.82, 2.24) is 9.88 Å². The number of carbonyl (C=O) groups excluding carboxylic acids is 1. The average Bonchev–Trinajstić information content (AvgIpc) is 3.15. The highest BCUT2D eigenvalue weighted by Gasteiger charge is 2.42. The van der Waals surface area contributed by atoms with Gasteiger partial charge in [0.25, 0.3) is 0 Å². The molecule has 3 atom stereocenters. The molecule has 1 aliphatic carbocycles. The third-order valence-corrected chi connectivity index (χ3v) is 8.58. The normalized spacial score (nSPS) is 27.8. The molecule has 2 aliphatic heterocycles. The SMILES string of the molecule is C[C@H]1c2c([nH]c3ccc(C(F)(F)F)cc23)C[C@H]2CCN(CCC3(C(N)=O)CCOCC3)C[C@@H]21. The summed E-state index contributed by atoms with van der Waals surface area (Å²) >= 11 is 0. The second kappa shape index (κ2) is 8.31. The minimum Gasteiger partial charge on any atom is -0.381 e. The Bertz CT molecular complexity index is 1040. The van der Waals surface area contributed by atoms with Crippen LogP contribution in [0.2, 0.25) is 0 Å². The lowest BCUT2D eigenvalue weighted by molar-refractivity contribution is -0.137. The fourth-order valence-electron chi connectivity index (χ4n) is 6.48. The Kier molecular flexibility index (Phi) is 5.72. The topological polar surface area (TPSA) is 71.3 Å². The van der Waals surface area contributed by atoms with E-state index in [0.29, 0.717) is 43.3 Å². The summed E-state index contributed by atoms with van der Waals surface area (Å²) in [6.45, 7) is 6.02. The number of nitrogens with one attached hydrogen (secondary N) is 1. The van der Waals surface area contributed by atoms with E-state index in [9.17, 15) is 18.0 Å². The fraction of sp³-hybridized carbons (Fsp3) is 0.640. The lowest BCUT2D eigenvalue weighted by Crippen LogP contribution is -2.48. The number of fused-ring (bicyclic) bond motifs is 4. The quantitative estimate of drug-likeness (QED) is 0.704. The largest absolute Gasteiger partial charge is 0.416 e. The summed E-state index contributed by atoms with van der Waals surface area (Å²) in [6, 6.07) is 4.04. The molecule has 0 spiro atoms. The zero-order chi connectivity index (χ0) is 23.4. The van der Waals surface area contributed by atoms with Gasteiger partial charge in [-0.15, -0.1) is 0 Å². The van der Waals surface area contributed by atoms with E-state index in [1.54, 1.807) is 6.07 Å². The lowest BCUT2D eigenvalue weighted by Gasteiger charge is -2.45. The molecule has 0 bridgehead atoms.